The van der Waals surface area contributed by atoms with Gasteiger partial charge in [-0.25, -0.2) is 0 Å². The molecule has 0 atom stereocenters. The van der Waals surface area contributed by atoms with Crippen LogP contribution in [0.2, 0.25) is 0 Å². The summed E-state index contributed by atoms with van der Waals surface area (Å²) in [7, 11) is 0. The molecule has 0 saturated heterocycles. The Morgan fingerprint density at radius 1 is 0.529 bits per heavy atom. The highest BCUT2D eigenvalue weighted by molar-refractivity contribution is 5.75. The first-order chi connectivity index (χ1) is 7.00. The Morgan fingerprint density at radius 2 is 0.706 bits per heavy atom. The van der Waals surface area contributed by atoms with Crippen LogP contribution in [0.15, 0.2) is 48.6 Å². The van der Waals surface area contributed by atoms with Crippen LogP contribution >= 0.6 is 0 Å². The van der Waals surface area contributed by atoms with Gasteiger partial charge in [-0.15, -0.1) is 0 Å². The molecule has 0 aliphatic heterocycles. The second kappa shape index (κ2) is 36.3. The van der Waals surface area contributed by atoms with E-state index in [-0.39, 0.29) is 23.3 Å². The topological polar surface area (TPSA) is 0 Å². The summed E-state index contributed by atoms with van der Waals surface area (Å²) in [6.45, 7) is 8.00. The van der Waals surface area contributed by atoms with E-state index in [0.29, 0.717) is 0 Å². The first-order valence-electron chi connectivity index (χ1n) is 5.63. The van der Waals surface area contributed by atoms with Crippen molar-refractivity contribution in [1.29, 1.82) is 0 Å². The van der Waals surface area contributed by atoms with Crippen LogP contribution in [-0.4, -0.2) is 8.41 Å². The van der Waals surface area contributed by atoms with Crippen molar-refractivity contribution in [3.63, 3.8) is 0 Å². The average Bonchev–Trinajstić information content (AvgIpc) is 3.01. The molecule has 0 N–H and O–H groups in total. The molecule has 0 saturated carbocycles. The molecular weight excluding hydrogens is 203 g/mol. The van der Waals surface area contributed by atoms with Crippen molar-refractivity contribution in [2.45, 2.75) is 55.4 Å². The summed E-state index contributed by atoms with van der Waals surface area (Å²) in [6, 6.07) is 0. The van der Waals surface area contributed by atoms with E-state index in [9.17, 15) is 0 Å². The molecule has 2 aliphatic carbocycles. The molecule has 0 heterocycles. The molecule has 1 heteroatoms. The Labute approximate surface area is 113 Å². The molecule has 0 bridgehead atoms. The standard InChI is InChI=1S/2C5H6.2C2H6.2CH4.B/c2*1-2-4-5-3-1;2*1-2;;;/h2*1-4H,5H2;2*1-2H3;2*1H4;. The Balaban J connectivity index is -0.0000000387. The third kappa shape index (κ3) is 31.3. The monoisotopic (exact) mass is 235 g/mol. The van der Waals surface area contributed by atoms with Gasteiger partial charge in [0.25, 0.3) is 0 Å². The lowest BCUT2D eigenvalue weighted by molar-refractivity contribution is 1.45. The highest BCUT2D eigenvalue weighted by Crippen LogP contribution is 1.93. The van der Waals surface area contributed by atoms with Gasteiger partial charge in [0.05, 0.1) is 0 Å². The molecule has 0 aromatic rings. The van der Waals surface area contributed by atoms with Crippen molar-refractivity contribution in [3.05, 3.63) is 48.6 Å². The molecule has 3 radical (unpaired) electrons. The molecule has 0 spiro atoms. The van der Waals surface area contributed by atoms with E-state index in [1.54, 1.807) is 0 Å². The largest absolute Gasteiger partial charge is 0.0808 e. The highest BCUT2D eigenvalue weighted by atomic mass is 13.8. The zero-order chi connectivity index (χ0) is 11.1. The predicted molar refractivity (Wildman–Crippen MR) is 87.7 cm³/mol. The Morgan fingerprint density at radius 3 is 0.765 bits per heavy atom. The summed E-state index contributed by atoms with van der Waals surface area (Å²) in [4.78, 5) is 0. The predicted octanol–water partition coefficient (Wildman–Crippen LogP) is 5.95. The molecule has 2 aliphatic rings. The fourth-order valence-corrected chi connectivity index (χ4v) is 0.786. The summed E-state index contributed by atoms with van der Waals surface area (Å²) in [6.07, 6.45) is 19.0. The van der Waals surface area contributed by atoms with Gasteiger partial charge in [0.2, 0.25) is 0 Å². The summed E-state index contributed by atoms with van der Waals surface area (Å²) in [5, 5.41) is 0. The van der Waals surface area contributed by atoms with Crippen LogP contribution in [-0.2, 0) is 0 Å². The molecular formula is C16H32B. The van der Waals surface area contributed by atoms with Gasteiger partial charge in [-0.3, -0.25) is 0 Å². The van der Waals surface area contributed by atoms with Crippen LogP contribution in [0.3, 0.4) is 0 Å². The van der Waals surface area contributed by atoms with E-state index < -0.39 is 0 Å². The van der Waals surface area contributed by atoms with Crippen molar-refractivity contribution in [1.82, 2.24) is 0 Å². The zero-order valence-corrected chi connectivity index (χ0v) is 10.6. The lowest BCUT2D eigenvalue weighted by Crippen LogP contribution is -1.37. The van der Waals surface area contributed by atoms with Crippen molar-refractivity contribution in [2.75, 3.05) is 0 Å². The maximum absolute atomic E-state index is 2.12. The second-order valence-electron chi connectivity index (χ2n) is 2.18. The van der Waals surface area contributed by atoms with E-state index >= 15 is 0 Å². The minimum atomic E-state index is 0. The third-order valence-corrected chi connectivity index (χ3v) is 1.31. The van der Waals surface area contributed by atoms with Crippen molar-refractivity contribution in [2.24, 2.45) is 0 Å². The van der Waals surface area contributed by atoms with Crippen LogP contribution < -0.4 is 0 Å². The molecule has 0 amide bonds. The maximum atomic E-state index is 2.12. The Hall–Kier alpha value is -0.975. The Bertz CT molecular complexity index is 144. The van der Waals surface area contributed by atoms with Gasteiger partial charge >= 0.3 is 0 Å². The van der Waals surface area contributed by atoms with Gasteiger partial charge in [0.15, 0.2) is 0 Å². The van der Waals surface area contributed by atoms with Gasteiger partial charge in [0, 0.05) is 8.41 Å². The summed E-state index contributed by atoms with van der Waals surface area (Å²) in [5.74, 6) is 0. The van der Waals surface area contributed by atoms with E-state index in [0.717, 1.165) is 12.8 Å². The van der Waals surface area contributed by atoms with Crippen LogP contribution in [0.5, 0.6) is 0 Å². The van der Waals surface area contributed by atoms with Crippen LogP contribution in [0, 0.1) is 0 Å². The normalized spacial score (nSPS) is 11.1. The lowest BCUT2D eigenvalue weighted by atomic mass is 10.5. The van der Waals surface area contributed by atoms with E-state index in [2.05, 4.69) is 48.6 Å². The van der Waals surface area contributed by atoms with Crippen molar-refractivity contribution in [3.8, 4) is 0 Å². The fraction of sp³-hybridized carbons (Fsp3) is 0.500. The van der Waals surface area contributed by atoms with Crippen molar-refractivity contribution >= 4 is 8.41 Å². The molecule has 17 heavy (non-hydrogen) atoms. The Kier molecular flexibility index (Phi) is 63.5. The molecule has 0 aromatic carbocycles. The molecule has 0 unspecified atom stereocenters. The molecule has 0 aromatic heterocycles. The average molecular weight is 235 g/mol. The van der Waals surface area contributed by atoms with Gasteiger partial charge in [-0.05, 0) is 12.8 Å². The summed E-state index contributed by atoms with van der Waals surface area (Å²) < 4.78 is 0. The van der Waals surface area contributed by atoms with E-state index in [1.165, 1.54) is 0 Å². The highest BCUT2D eigenvalue weighted by Gasteiger charge is 1.72. The number of allylic oxidation sites excluding steroid dienone is 8. The quantitative estimate of drug-likeness (QED) is 0.455. The first-order valence-corrected chi connectivity index (χ1v) is 5.63. The van der Waals surface area contributed by atoms with Crippen LogP contribution in [0.25, 0.3) is 0 Å². The first kappa shape index (κ1) is 29.8. The molecule has 0 nitrogen and oxygen atoms in total. The lowest BCUT2D eigenvalue weighted by Gasteiger charge is -1.57. The SMILES string of the molecule is C.C.C1=CCC=C1.C1=CCC=C1.CC.CC.[B]. The molecule has 99 valence electrons. The van der Waals surface area contributed by atoms with Crippen LogP contribution in [0.1, 0.15) is 55.4 Å². The van der Waals surface area contributed by atoms with Gasteiger partial charge in [-0.1, -0.05) is 91.2 Å². The van der Waals surface area contributed by atoms with Crippen molar-refractivity contribution < 1.29 is 0 Å². The van der Waals surface area contributed by atoms with Crippen LogP contribution in [0.4, 0.5) is 0 Å². The molecule has 0 fully saturated rings. The third-order valence-electron chi connectivity index (χ3n) is 1.31. The minimum absolute atomic E-state index is 0. The maximum Gasteiger partial charge on any atom is 0 e. The molecule has 2 rings (SSSR count). The smallest absolute Gasteiger partial charge is 0 e. The summed E-state index contributed by atoms with van der Waals surface area (Å²) in [5.41, 5.74) is 0. The zero-order valence-electron chi connectivity index (χ0n) is 10.6. The van der Waals surface area contributed by atoms with Gasteiger partial charge in [-0.2, -0.15) is 0 Å². The number of hydrogen-bond acceptors (Lipinski definition) is 0. The second-order valence-corrected chi connectivity index (χ2v) is 2.18. The van der Waals surface area contributed by atoms with E-state index in [1.807, 2.05) is 27.7 Å². The van der Waals surface area contributed by atoms with Gasteiger partial charge in [0.1, 0.15) is 0 Å². The van der Waals surface area contributed by atoms with Gasteiger partial charge < -0.3 is 0 Å². The minimum Gasteiger partial charge on any atom is -0.0808 e. The fourth-order valence-electron chi connectivity index (χ4n) is 0.786. The van der Waals surface area contributed by atoms with E-state index in [4.69, 9.17) is 0 Å². The number of hydrogen-bond donors (Lipinski definition) is 0. The number of rotatable bonds is 0. The summed E-state index contributed by atoms with van der Waals surface area (Å²) >= 11 is 0.